The fourth-order valence-electron chi connectivity index (χ4n) is 3.05. The van der Waals surface area contributed by atoms with Gasteiger partial charge in [0.2, 0.25) is 11.8 Å². The quantitative estimate of drug-likeness (QED) is 0.935. The van der Waals surface area contributed by atoms with E-state index in [-0.39, 0.29) is 24.3 Å². The SMILES string of the molecule is CN(C)C(=O)Cn1cc(NC(=O)[C@@H]2CCCc3ccccc32)cn1. The first-order valence-electron chi connectivity index (χ1n) is 8.16. The highest BCUT2D eigenvalue weighted by Gasteiger charge is 2.26. The van der Waals surface area contributed by atoms with Crippen LogP contribution < -0.4 is 5.32 Å². The third kappa shape index (κ3) is 3.48. The van der Waals surface area contributed by atoms with Crippen LogP contribution in [0.4, 0.5) is 5.69 Å². The number of benzene rings is 1. The number of hydrogen-bond donors (Lipinski definition) is 1. The molecule has 0 fully saturated rings. The molecule has 0 unspecified atom stereocenters. The summed E-state index contributed by atoms with van der Waals surface area (Å²) in [5.41, 5.74) is 3.00. The van der Waals surface area contributed by atoms with E-state index in [2.05, 4.69) is 16.5 Å². The van der Waals surface area contributed by atoms with Crippen LogP contribution in [0.2, 0.25) is 0 Å². The summed E-state index contributed by atoms with van der Waals surface area (Å²) in [4.78, 5) is 25.9. The van der Waals surface area contributed by atoms with Gasteiger partial charge in [0.05, 0.1) is 17.8 Å². The van der Waals surface area contributed by atoms with E-state index in [9.17, 15) is 9.59 Å². The molecule has 0 aliphatic heterocycles. The summed E-state index contributed by atoms with van der Waals surface area (Å²) >= 11 is 0. The summed E-state index contributed by atoms with van der Waals surface area (Å²) in [6, 6.07) is 8.14. The van der Waals surface area contributed by atoms with Crippen molar-refractivity contribution in [3.05, 3.63) is 47.8 Å². The van der Waals surface area contributed by atoms with Crippen molar-refractivity contribution >= 4 is 17.5 Å². The van der Waals surface area contributed by atoms with Gasteiger partial charge in [0, 0.05) is 20.3 Å². The predicted molar refractivity (Wildman–Crippen MR) is 91.7 cm³/mol. The minimum Gasteiger partial charge on any atom is -0.347 e. The van der Waals surface area contributed by atoms with E-state index in [1.807, 2.05) is 18.2 Å². The van der Waals surface area contributed by atoms with Gasteiger partial charge in [-0.2, -0.15) is 5.10 Å². The Hall–Kier alpha value is -2.63. The van der Waals surface area contributed by atoms with E-state index in [1.165, 1.54) is 15.1 Å². The molecular formula is C18H22N4O2. The van der Waals surface area contributed by atoms with Gasteiger partial charge in [-0.25, -0.2) is 0 Å². The van der Waals surface area contributed by atoms with E-state index in [0.717, 1.165) is 24.8 Å². The molecule has 1 aromatic heterocycles. The summed E-state index contributed by atoms with van der Waals surface area (Å²) in [6.45, 7) is 0.162. The number of fused-ring (bicyclic) bond motifs is 1. The van der Waals surface area contributed by atoms with Gasteiger partial charge in [-0.15, -0.1) is 0 Å². The number of carbonyl (C=O) groups is 2. The van der Waals surface area contributed by atoms with Crippen molar-refractivity contribution in [3.63, 3.8) is 0 Å². The number of rotatable bonds is 4. The monoisotopic (exact) mass is 326 g/mol. The van der Waals surface area contributed by atoms with Gasteiger partial charge >= 0.3 is 0 Å². The number of hydrogen-bond acceptors (Lipinski definition) is 3. The number of nitrogens with zero attached hydrogens (tertiary/aromatic N) is 3. The topological polar surface area (TPSA) is 67.2 Å². The van der Waals surface area contributed by atoms with E-state index < -0.39 is 0 Å². The first-order chi connectivity index (χ1) is 11.5. The van der Waals surface area contributed by atoms with Crippen LogP contribution in [0.1, 0.15) is 29.9 Å². The van der Waals surface area contributed by atoms with Crippen LogP contribution in [0.5, 0.6) is 0 Å². The molecule has 1 heterocycles. The van der Waals surface area contributed by atoms with Gasteiger partial charge in [-0.05, 0) is 30.4 Å². The Morgan fingerprint density at radius 2 is 2.12 bits per heavy atom. The molecule has 1 N–H and O–H groups in total. The fourth-order valence-corrected chi connectivity index (χ4v) is 3.05. The molecule has 1 aliphatic rings. The summed E-state index contributed by atoms with van der Waals surface area (Å²) < 4.78 is 1.53. The lowest BCUT2D eigenvalue weighted by Crippen LogP contribution is -2.26. The Balaban J connectivity index is 1.68. The Kier molecular flexibility index (Phi) is 4.64. The summed E-state index contributed by atoms with van der Waals surface area (Å²) in [7, 11) is 3.41. The smallest absolute Gasteiger partial charge is 0.243 e. The standard InChI is InChI=1S/C18H22N4O2/c1-21(2)17(23)12-22-11-14(10-19-22)20-18(24)16-9-5-7-13-6-3-4-8-15(13)16/h3-4,6,8,10-11,16H,5,7,9,12H2,1-2H3,(H,20,24)/t16-/m1/s1. The maximum atomic E-state index is 12.6. The second-order valence-corrected chi connectivity index (χ2v) is 6.35. The van der Waals surface area contributed by atoms with Crippen LogP contribution in [-0.4, -0.2) is 40.6 Å². The van der Waals surface area contributed by atoms with Crippen LogP contribution in [0, 0.1) is 0 Å². The van der Waals surface area contributed by atoms with Gasteiger partial charge in [0.15, 0.2) is 0 Å². The molecule has 0 saturated carbocycles. The second kappa shape index (κ2) is 6.86. The highest BCUT2D eigenvalue weighted by atomic mass is 16.2. The first kappa shape index (κ1) is 16.2. The lowest BCUT2D eigenvalue weighted by Gasteiger charge is -2.24. The van der Waals surface area contributed by atoms with Crippen molar-refractivity contribution < 1.29 is 9.59 Å². The molecule has 2 aromatic rings. The van der Waals surface area contributed by atoms with Crippen LogP contribution in [0.3, 0.4) is 0 Å². The number of carbonyl (C=O) groups excluding carboxylic acids is 2. The number of likely N-dealkylation sites (N-methyl/N-ethyl adjacent to an activating group) is 1. The highest BCUT2D eigenvalue weighted by Crippen LogP contribution is 2.32. The Labute approximate surface area is 141 Å². The molecule has 0 bridgehead atoms. The third-order valence-corrected chi connectivity index (χ3v) is 4.38. The van der Waals surface area contributed by atoms with Crippen molar-refractivity contribution in [2.75, 3.05) is 19.4 Å². The zero-order valence-corrected chi connectivity index (χ0v) is 14.0. The number of nitrogens with one attached hydrogen (secondary N) is 1. The average molecular weight is 326 g/mol. The number of aromatic nitrogens is 2. The Morgan fingerprint density at radius 1 is 1.33 bits per heavy atom. The fraction of sp³-hybridized carbons (Fsp3) is 0.389. The van der Waals surface area contributed by atoms with E-state index in [1.54, 1.807) is 26.5 Å². The van der Waals surface area contributed by atoms with Crippen molar-refractivity contribution in [1.82, 2.24) is 14.7 Å². The van der Waals surface area contributed by atoms with E-state index in [4.69, 9.17) is 0 Å². The largest absolute Gasteiger partial charge is 0.347 e. The van der Waals surface area contributed by atoms with Gasteiger partial charge < -0.3 is 10.2 Å². The molecule has 0 radical (unpaired) electrons. The average Bonchev–Trinajstić information content (AvgIpc) is 3.01. The van der Waals surface area contributed by atoms with Crippen molar-refractivity contribution in [2.45, 2.75) is 31.7 Å². The zero-order chi connectivity index (χ0) is 17.1. The van der Waals surface area contributed by atoms with Crippen LogP contribution in [0.15, 0.2) is 36.7 Å². The molecule has 1 aromatic carbocycles. The summed E-state index contributed by atoms with van der Waals surface area (Å²) in [6.07, 6.45) is 6.18. The molecule has 3 rings (SSSR count). The van der Waals surface area contributed by atoms with Gasteiger partial charge in [-0.1, -0.05) is 24.3 Å². The summed E-state index contributed by atoms with van der Waals surface area (Å²) in [5, 5.41) is 7.06. The molecule has 6 nitrogen and oxygen atoms in total. The molecule has 6 heteroatoms. The molecule has 24 heavy (non-hydrogen) atoms. The second-order valence-electron chi connectivity index (χ2n) is 6.35. The molecule has 0 spiro atoms. The van der Waals surface area contributed by atoms with E-state index in [0.29, 0.717) is 5.69 Å². The maximum absolute atomic E-state index is 12.6. The minimum absolute atomic E-state index is 0.0133. The van der Waals surface area contributed by atoms with Gasteiger partial charge in [-0.3, -0.25) is 14.3 Å². The normalized spacial score (nSPS) is 16.3. The van der Waals surface area contributed by atoms with Gasteiger partial charge in [0.25, 0.3) is 0 Å². The first-order valence-corrected chi connectivity index (χ1v) is 8.16. The summed E-state index contributed by atoms with van der Waals surface area (Å²) in [5.74, 6) is -0.181. The predicted octanol–water partition coefficient (Wildman–Crippen LogP) is 2.03. The highest BCUT2D eigenvalue weighted by molar-refractivity contribution is 5.96. The molecule has 0 saturated heterocycles. The lowest BCUT2D eigenvalue weighted by atomic mass is 9.82. The molecular weight excluding hydrogens is 304 g/mol. The zero-order valence-electron chi connectivity index (χ0n) is 14.0. The maximum Gasteiger partial charge on any atom is 0.243 e. The van der Waals surface area contributed by atoms with Crippen molar-refractivity contribution in [1.29, 1.82) is 0 Å². The molecule has 1 atom stereocenters. The molecule has 1 aliphatic carbocycles. The minimum atomic E-state index is -0.123. The Morgan fingerprint density at radius 3 is 2.92 bits per heavy atom. The van der Waals surface area contributed by atoms with Gasteiger partial charge in [0.1, 0.15) is 6.54 Å². The molecule has 126 valence electrons. The molecule has 2 amide bonds. The number of aryl methyl sites for hydroxylation is 1. The number of anilines is 1. The van der Waals surface area contributed by atoms with Crippen LogP contribution in [0.25, 0.3) is 0 Å². The van der Waals surface area contributed by atoms with Crippen LogP contribution in [-0.2, 0) is 22.6 Å². The number of amides is 2. The van der Waals surface area contributed by atoms with Crippen molar-refractivity contribution in [2.24, 2.45) is 0 Å². The Bertz CT molecular complexity index is 751. The van der Waals surface area contributed by atoms with E-state index >= 15 is 0 Å². The van der Waals surface area contributed by atoms with Crippen LogP contribution >= 0.6 is 0 Å². The lowest BCUT2D eigenvalue weighted by molar-refractivity contribution is -0.129. The van der Waals surface area contributed by atoms with Crippen molar-refractivity contribution in [3.8, 4) is 0 Å². The third-order valence-electron chi connectivity index (χ3n) is 4.38.